The summed E-state index contributed by atoms with van der Waals surface area (Å²) < 4.78 is 5.76. The van der Waals surface area contributed by atoms with E-state index in [9.17, 15) is 4.79 Å². The number of hydrogen-bond acceptors (Lipinski definition) is 7. The van der Waals surface area contributed by atoms with Crippen molar-refractivity contribution in [3.63, 3.8) is 0 Å². The first-order chi connectivity index (χ1) is 15.7. The molecule has 7 nitrogen and oxygen atoms in total. The lowest BCUT2D eigenvalue weighted by molar-refractivity contribution is -0.119. The van der Waals surface area contributed by atoms with Crippen molar-refractivity contribution in [2.24, 2.45) is 0 Å². The second kappa shape index (κ2) is 8.76. The Kier molecular flexibility index (Phi) is 5.51. The number of rotatable bonds is 5. The molecule has 0 radical (unpaired) electrons. The molecule has 0 spiro atoms. The van der Waals surface area contributed by atoms with Crippen molar-refractivity contribution in [3.8, 4) is 28.3 Å². The molecule has 1 aliphatic heterocycles. The molecule has 4 aromatic rings. The van der Waals surface area contributed by atoms with Crippen LogP contribution in [0, 0.1) is 0 Å². The van der Waals surface area contributed by atoms with E-state index in [1.165, 1.54) is 18.3 Å². The molecule has 1 atom stereocenters. The summed E-state index contributed by atoms with van der Waals surface area (Å²) in [4.78, 5) is 16.3. The molecule has 2 N–H and O–H groups in total. The van der Waals surface area contributed by atoms with Gasteiger partial charge in [-0.25, -0.2) is 4.98 Å². The van der Waals surface area contributed by atoms with E-state index in [1.54, 1.807) is 0 Å². The number of aromatic nitrogens is 3. The molecule has 1 aliphatic rings. The molecular weight excluding hydrogens is 422 g/mol. The Balaban J connectivity index is 1.33. The van der Waals surface area contributed by atoms with Gasteiger partial charge >= 0.3 is 0 Å². The monoisotopic (exact) mass is 443 g/mol. The molecule has 0 bridgehead atoms. The van der Waals surface area contributed by atoms with Gasteiger partial charge in [-0.1, -0.05) is 30.3 Å². The van der Waals surface area contributed by atoms with Gasteiger partial charge in [-0.2, -0.15) is 0 Å². The number of hydrogen-bond donors (Lipinski definition) is 2. The minimum absolute atomic E-state index is 0.0483. The molecule has 0 saturated carbocycles. The average Bonchev–Trinajstić information content (AvgIpc) is 3.28. The maximum absolute atomic E-state index is 11.6. The number of benzene rings is 2. The molecular formula is C24H21N5O2S. The zero-order valence-corrected chi connectivity index (χ0v) is 18.2. The summed E-state index contributed by atoms with van der Waals surface area (Å²) in [5.74, 6) is 1.39. The number of nitrogens with one attached hydrogen (secondary N) is 2. The topological polar surface area (TPSA) is 89.0 Å². The van der Waals surface area contributed by atoms with Crippen molar-refractivity contribution >= 4 is 28.2 Å². The van der Waals surface area contributed by atoms with Crippen LogP contribution < -0.4 is 15.4 Å². The number of fused-ring (bicyclic) bond motifs is 1. The van der Waals surface area contributed by atoms with Crippen molar-refractivity contribution in [3.05, 3.63) is 71.6 Å². The van der Waals surface area contributed by atoms with E-state index < -0.39 is 0 Å². The molecule has 160 valence electrons. The highest BCUT2D eigenvalue weighted by Gasteiger charge is 2.23. The zero-order valence-electron chi connectivity index (χ0n) is 17.4. The fourth-order valence-corrected chi connectivity index (χ4v) is 4.41. The van der Waals surface area contributed by atoms with Crippen molar-refractivity contribution in [1.82, 2.24) is 20.5 Å². The zero-order chi connectivity index (χ0) is 21.9. The van der Waals surface area contributed by atoms with Gasteiger partial charge in [-0.3, -0.25) is 4.79 Å². The van der Waals surface area contributed by atoms with Crippen molar-refractivity contribution in [1.29, 1.82) is 0 Å². The van der Waals surface area contributed by atoms with Crippen molar-refractivity contribution < 1.29 is 9.53 Å². The van der Waals surface area contributed by atoms with Crippen molar-refractivity contribution in [2.75, 3.05) is 11.9 Å². The number of thiazole rings is 1. The maximum Gasteiger partial charge on any atom is 0.217 e. The Hall–Kier alpha value is -3.78. The summed E-state index contributed by atoms with van der Waals surface area (Å²) >= 11 is 1.50. The first kappa shape index (κ1) is 20.1. The van der Waals surface area contributed by atoms with Crippen LogP contribution in [-0.2, 0) is 4.79 Å². The van der Waals surface area contributed by atoms with E-state index >= 15 is 0 Å². The van der Waals surface area contributed by atoms with E-state index in [0.717, 1.165) is 45.4 Å². The van der Waals surface area contributed by atoms with Gasteiger partial charge in [0.15, 0.2) is 10.9 Å². The predicted molar refractivity (Wildman–Crippen MR) is 125 cm³/mol. The largest absolute Gasteiger partial charge is 0.493 e. The summed E-state index contributed by atoms with van der Waals surface area (Å²) in [7, 11) is 0. The number of nitrogens with zero attached hydrogens (tertiary/aromatic N) is 3. The number of carbonyl (C=O) groups excluding carboxylic acids is 1. The number of ether oxygens (including phenoxy) is 1. The number of carbonyl (C=O) groups is 1. The Morgan fingerprint density at radius 2 is 1.91 bits per heavy atom. The molecule has 0 saturated heterocycles. The highest BCUT2D eigenvalue weighted by molar-refractivity contribution is 7.14. The molecule has 2 aromatic carbocycles. The Morgan fingerprint density at radius 1 is 1.03 bits per heavy atom. The molecule has 8 heteroatoms. The first-order valence-corrected chi connectivity index (χ1v) is 11.2. The summed E-state index contributed by atoms with van der Waals surface area (Å²) in [6.07, 6.45) is 0.748. The van der Waals surface area contributed by atoms with Crippen LogP contribution in [0.1, 0.15) is 24.9 Å². The molecule has 5 rings (SSSR count). The number of anilines is 2. The van der Waals surface area contributed by atoms with Crippen LogP contribution in [0.3, 0.4) is 0 Å². The van der Waals surface area contributed by atoms with Crippen LogP contribution >= 0.6 is 11.3 Å². The maximum atomic E-state index is 11.6. The Labute approximate surface area is 189 Å². The van der Waals surface area contributed by atoms with Crippen LogP contribution in [0.4, 0.5) is 10.9 Å². The smallest absolute Gasteiger partial charge is 0.217 e. The second-order valence-electron chi connectivity index (χ2n) is 7.48. The van der Waals surface area contributed by atoms with Gasteiger partial charge in [0.05, 0.1) is 24.0 Å². The highest BCUT2D eigenvalue weighted by atomic mass is 32.1. The fraction of sp³-hybridized carbons (Fsp3) is 0.167. The number of amides is 1. The van der Waals surface area contributed by atoms with E-state index in [0.29, 0.717) is 12.4 Å². The minimum Gasteiger partial charge on any atom is -0.493 e. The summed E-state index contributed by atoms with van der Waals surface area (Å²) in [6.45, 7) is 2.12. The average molecular weight is 444 g/mol. The summed E-state index contributed by atoms with van der Waals surface area (Å²) in [6, 6.07) is 19.7. The van der Waals surface area contributed by atoms with E-state index in [1.807, 2.05) is 66.0 Å². The molecule has 2 aromatic heterocycles. The summed E-state index contributed by atoms with van der Waals surface area (Å²) in [5, 5.41) is 17.5. The van der Waals surface area contributed by atoms with Gasteiger partial charge in [0.1, 0.15) is 5.75 Å². The van der Waals surface area contributed by atoms with Crippen LogP contribution in [0.15, 0.2) is 66.0 Å². The third-order valence-electron chi connectivity index (χ3n) is 5.20. The van der Waals surface area contributed by atoms with Gasteiger partial charge < -0.3 is 15.4 Å². The van der Waals surface area contributed by atoms with Gasteiger partial charge in [0.2, 0.25) is 5.91 Å². The van der Waals surface area contributed by atoms with E-state index in [4.69, 9.17) is 9.72 Å². The third kappa shape index (κ3) is 4.31. The minimum atomic E-state index is -0.0502. The quantitative estimate of drug-likeness (QED) is 0.453. The first-order valence-electron chi connectivity index (χ1n) is 10.3. The van der Waals surface area contributed by atoms with Crippen molar-refractivity contribution in [2.45, 2.75) is 19.4 Å². The van der Waals surface area contributed by atoms with Gasteiger partial charge in [-0.15, -0.1) is 21.5 Å². The Morgan fingerprint density at radius 3 is 2.69 bits per heavy atom. The normalized spacial score (nSPS) is 14.8. The lowest BCUT2D eigenvalue weighted by atomic mass is 9.97. The van der Waals surface area contributed by atoms with Crippen LogP contribution in [0.25, 0.3) is 22.5 Å². The molecule has 32 heavy (non-hydrogen) atoms. The highest BCUT2D eigenvalue weighted by Crippen LogP contribution is 2.36. The molecule has 0 aliphatic carbocycles. The Bertz CT molecular complexity index is 1240. The molecule has 0 fully saturated rings. The second-order valence-corrected chi connectivity index (χ2v) is 8.33. The van der Waals surface area contributed by atoms with Crippen LogP contribution in [-0.4, -0.2) is 27.7 Å². The fourth-order valence-electron chi connectivity index (χ4n) is 3.68. The standard InChI is InChI=1S/C24H21N5O2S/c1-15(30)25-20-11-12-31-22-9-7-17(13-18(20)22)21-14-32-24(26-21)27-23-10-8-19(28-29-23)16-5-3-2-4-6-16/h2-10,13-14,20H,11-12H2,1H3,(H,25,30)(H,26,27,29). The summed E-state index contributed by atoms with van der Waals surface area (Å²) in [5.41, 5.74) is 4.65. The van der Waals surface area contributed by atoms with Crippen LogP contribution in [0.2, 0.25) is 0 Å². The van der Waals surface area contributed by atoms with Gasteiger partial charge in [0.25, 0.3) is 0 Å². The lowest BCUT2D eigenvalue weighted by Gasteiger charge is -2.26. The predicted octanol–water partition coefficient (Wildman–Crippen LogP) is 4.97. The van der Waals surface area contributed by atoms with Crippen LogP contribution in [0.5, 0.6) is 5.75 Å². The third-order valence-corrected chi connectivity index (χ3v) is 5.95. The lowest BCUT2D eigenvalue weighted by Crippen LogP contribution is -2.30. The van der Waals surface area contributed by atoms with E-state index in [-0.39, 0.29) is 11.9 Å². The molecule has 1 amide bonds. The molecule has 3 heterocycles. The molecule has 1 unspecified atom stereocenters. The van der Waals surface area contributed by atoms with E-state index in [2.05, 4.69) is 20.8 Å². The van der Waals surface area contributed by atoms with Gasteiger partial charge in [-0.05, 0) is 30.3 Å². The van der Waals surface area contributed by atoms with Gasteiger partial charge in [0, 0.05) is 35.4 Å². The SMILES string of the molecule is CC(=O)NC1CCOc2ccc(-c3csc(Nc4ccc(-c5ccccc5)nn4)n3)cc21.